The summed E-state index contributed by atoms with van der Waals surface area (Å²) in [6.07, 6.45) is -1.70. The number of furan rings is 1. The van der Waals surface area contributed by atoms with Crippen molar-refractivity contribution in [2.24, 2.45) is 0 Å². The molecule has 4 nitrogen and oxygen atoms in total. The van der Waals surface area contributed by atoms with E-state index in [4.69, 9.17) is 16.0 Å². The van der Waals surface area contributed by atoms with Crippen LogP contribution in [0.2, 0.25) is 5.15 Å². The van der Waals surface area contributed by atoms with Crippen LogP contribution in [0.3, 0.4) is 0 Å². The number of rotatable bonds is 5. The molecule has 0 spiro atoms. The Labute approximate surface area is 124 Å². The fourth-order valence-electron chi connectivity index (χ4n) is 1.76. The number of anilines is 1. The Morgan fingerprint density at radius 1 is 1.38 bits per heavy atom. The maximum absolute atomic E-state index is 12.6. The quantitative estimate of drug-likeness (QED) is 0.840. The maximum atomic E-state index is 12.6. The average molecular weight is 320 g/mol. The van der Waals surface area contributed by atoms with E-state index in [1.807, 2.05) is 13.0 Å². The second-order valence-corrected chi connectivity index (χ2v) is 4.95. The molecule has 0 amide bonds. The van der Waals surface area contributed by atoms with E-state index < -0.39 is 12.0 Å². The number of hydrogen-bond donors (Lipinski definition) is 1. The fourth-order valence-corrected chi connectivity index (χ4v) is 1.94. The van der Waals surface area contributed by atoms with Gasteiger partial charge in [-0.25, -0.2) is 9.97 Å². The highest BCUT2D eigenvalue weighted by Gasteiger charge is 2.35. The number of aryl methyl sites for hydroxylation is 1. The first-order valence-corrected chi connectivity index (χ1v) is 6.63. The number of halogens is 4. The molecular weight excluding hydrogens is 307 g/mol. The lowest BCUT2D eigenvalue weighted by Gasteiger charge is -2.15. The normalized spacial score (nSPS) is 13.2. The van der Waals surface area contributed by atoms with Crippen molar-refractivity contribution in [1.29, 1.82) is 0 Å². The van der Waals surface area contributed by atoms with Crippen LogP contribution in [0, 0.1) is 0 Å². The molecule has 0 radical (unpaired) electrons. The lowest BCUT2D eigenvalue weighted by Crippen LogP contribution is -2.19. The predicted molar refractivity (Wildman–Crippen MR) is 72.2 cm³/mol. The molecule has 2 aromatic heterocycles. The van der Waals surface area contributed by atoms with Crippen molar-refractivity contribution in [2.75, 3.05) is 5.32 Å². The lowest BCUT2D eigenvalue weighted by atomic mass is 10.1. The minimum Gasteiger partial charge on any atom is -0.469 e. The van der Waals surface area contributed by atoms with Crippen LogP contribution >= 0.6 is 11.6 Å². The van der Waals surface area contributed by atoms with Gasteiger partial charge in [0.2, 0.25) is 5.82 Å². The molecule has 114 valence electrons. The van der Waals surface area contributed by atoms with Gasteiger partial charge in [-0.05, 0) is 25.5 Å². The van der Waals surface area contributed by atoms with Crippen LogP contribution in [0.25, 0.3) is 0 Å². The molecule has 1 atom stereocenters. The standard InChI is InChI=1S/C13H13ClF3N3O/c1-8(4-5-9-3-2-6-21-9)18-11-7-10(14)19-12(20-11)13(15,16)17/h2-3,6-8H,4-5H2,1H3,(H,18,19,20). The largest absolute Gasteiger partial charge is 0.469 e. The smallest absolute Gasteiger partial charge is 0.451 e. The van der Waals surface area contributed by atoms with Crippen molar-refractivity contribution in [3.63, 3.8) is 0 Å². The highest BCUT2D eigenvalue weighted by Crippen LogP contribution is 2.28. The molecular formula is C13H13ClF3N3O. The van der Waals surface area contributed by atoms with Crippen molar-refractivity contribution in [3.05, 3.63) is 41.2 Å². The summed E-state index contributed by atoms with van der Waals surface area (Å²) in [4.78, 5) is 6.61. The molecule has 0 saturated heterocycles. The minimum atomic E-state index is -4.63. The summed E-state index contributed by atoms with van der Waals surface area (Å²) >= 11 is 5.59. The van der Waals surface area contributed by atoms with Gasteiger partial charge in [-0.1, -0.05) is 11.6 Å². The second-order valence-electron chi connectivity index (χ2n) is 4.56. The highest BCUT2D eigenvalue weighted by atomic mass is 35.5. The third-order valence-electron chi connectivity index (χ3n) is 2.75. The number of aromatic nitrogens is 2. The first-order valence-electron chi connectivity index (χ1n) is 6.25. The van der Waals surface area contributed by atoms with Gasteiger partial charge in [0, 0.05) is 18.5 Å². The number of hydrogen-bond acceptors (Lipinski definition) is 4. The molecule has 2 rings (SSSR count). The minimum absolute atomic E-state index is 0.0502. The van der Waals surface area contributed by atoms with E-state index >= 15 is 0 Å². The van der Waals surface area contributed by atoms with Gasteiger partial charge in [0.25, 0.3) is 0 Å². The van der Waals surface area contributed by atoms with Gasteiger partial charge in [0.05, 0.1) is 6.26 Å². The topological polar surface area (TPSA) is 51.0 Å². The molecule has 2 heterocycles. The van der Waals surface area contributed by atoms with Crippen molar-refractivity contribution in [3.8, 4) is 0 Å². The van der Waals surface area contributed by atoms with Crippen LogP contribution < -0.4 is 5.32 Å². The summed E-state index contributed by atoms with van der Waals surface area (Å²) in [7, 11) is 0. The Hall–Kier alpha value is -1.76. The predicted octanol–water partition coefficient (Wildman–Crippen LogP) is 4.18. The van der Waals surface area contributed by atoms with E-state index in [2.05, 4.69) is 15.3 Å². The third-order valence-corrected chi connectivity index (χ3v) is 2.94. The molecule has 0 aliphatic carbocycles. The first kappa shape index (κ1) is 15.6. The van der Waals surface area contributed by atoms with Crippen LogP contribution in [0.1, 0.15) is 24.9 Å². The lowest BCUT2D eigenvalue weighted by molar-refractivity contribution is -0.144. The summed E-state index contributed by atoms with van der Waals surface area (Å²) in [5, 5.41) is 2.63. The van der Waals surface area contributed by atoms with E-state index in [1.165, 1.54) is 6.07 Å². The van der Waals surface area contributed by atoms with Gasteiger partial charge in [0.1, 0.15) is 16.7 Å². The van der Waals surface area contributed by atoms with Gasteiger partial charge < -0.3 is 9.73 Å². The molecule has 0 saturated carbocycles. The highest BCUT2D eigenvalue weighted by molar-refractivity contribution is 6.29. The third kappa shape index (κ3) is 4.63. The zero-order valence-electron chi connectivity index (χ0n) is 11.1. The van der Waals surface area contributed by atoms with Crippen molar-refractivity contribution in [1.82, 2.24) is 9.97 Å². The molecule has 0 fully saturated rings. The van der Waals surface area contributed by atoms with E-state index in [1.54, 1.807) is 12.3 Å². The second kappa shape index (κ2) is 6.34. The van der Waals surface area contributed by atoms with E-state index in [0.717, 1.165) is 5.76 Å². The fraction of sp³-hybridized carbons (Fsp3) is 0.385. The molecule has 2 aromatic rings. The molecule has 21 heavy (non-hydrogen) atoms. The van der Waals surface area contributed by atoms with Gasteiger partial charge in [-0.2, -0.15) is 13.2 Å². The summed E-state index contributed by atoms with van der Waals surface area (Å²) < 4.78 is 43.0. The van der Waals surface area contributed by atoms with Gasteiger partial charge in [-0.3, -0.25) is 0 Å². The molecule has 1 N–H and O–H groups in total. The van der Waals surface area contributed by atoms with Crippen LogP contribution in [-0.2, 0) is 12.6 Å². The van der Waals surface area contributed by atoms with Crippen LogP contribution in [-0.4, -0.2) is 16.0 Å². The van der Waals surface area contributed by atoms with Crippen LogP contribution in [0.4, 0.5) is 19.0 Å². The van der Waals surface area contributed by atoms with E-state index in [0.29, 0.717) is 12.8 Å². The van der Waals surface area contributed by atoms with Crippen molar-refractivity contribution < 1.29 is 17.6 Å². The Kier molecular flexibility index (Phi) is 4.72. The molecule has 8 heteroatoms. The van der Waals surface area contributed by atoms with Crippen LogP contribution in [0.5, 0.6) is 0 Å². The zero-order chi connectivity index (χ0) is 15.5. The molecule has 0 bridgehead atoms. The maximum Gasteiger partial charge on any atom is 0.451 e. The SMILES string of the molecule is CC(CCc1ccco1)Nc1cc(Cl)nc(C(F)(F)F)n1. The number of nitrogens with zero attached hydrogens (tertiary/aromatic N) is 2. The summed E-state index contributed by atoms with van der Waals surface area (Å²) in [5.41, 5.74) is 0. The van der Waals surface area contributed by atoms with E-state index in [9.17, 15) is 13.2 Å². The van der Waals surface area contributed by atoms with Crippen molar-refractivity contribution >= 4 is 17.4 Å². The first-order chi connectivity index (χ1) is 9.84. The number of alkyl halides is 3. The molecule has 1 unspecified atom stereocenters. The van der Waals surface area contributed by atoms with Gasteiger partial charge >= 0.3 is 6.18 Å². The monoisotopic (exact) mass is 319 g/mol. The van der Waals surface area contributed by atoms with E-state index in [-0.39, 0.29) is 17.0 Å². The average Bonchev–Trinajstić information content (AvgIpc) is 2.87. The van der Waals surface area contributed by atoms with Gasteiger partial charge in [-0.15, -0.1) is 0 Å². The zero-order valence-corrected chi connectivity index (χ0v) is 11.9. The summed E-state index contributed by atoms with van der Waals surface area (Å²) in [5.74, 6) is -0.384. The molecule has 0 aliphatic rings. The van der Waals surface area contributed by atoms with Crippen LogP contribution in [0.15, 0.2) is 28.9 Å². The Bertz CT molecular complexity index is 587. The Morgan fingerprint density at radius 2 is 2.14 bits per heavy atom. The summed E-state index contributed by atoms with van der Waals surface area (Å²) in [6, 6.07) is 4.80. The Morgan fingerprint density at radius 3 is 2.76 bits per heavy atom. The number of nitrogens with one attached hydrogen (secondary N) is 1. The molecule has 0 aliphatic heterocycles. The Balaban J connectivity index is 2.00. The molecule has 0 aromatic carbocycles. The summed E-state index contributed by atoms with van der Waals surface area (Å²) in [6.45, 7) is 1.84. The van der Waals surface area contributed by atoms with Gasteiger partial charge in [0.15, 0.2) is 0 Å². The van der Waals surface area contributed by atoms with Crippen molar-refractivity contribution in [2.45, 2.75) is 32.0 Å².